The number of carbonyl (C=O) groups is 1. The predicted octanol–water partition coefficient (Wildman–Crippen LogP) is 8.08. The molecule has 13 nitrogen and oxygen atoms in total. The van der Waals surface area contributed by atoms with Gasteiger partial charge in [-0.2, -0.15) is 15.1 Å². The molecule has 0 bridgehead atoms. The summed E-state index contributed by atoms with van der Waals surface area (Å²) >= 11 is 7.90. The molecule has 2 aromatic rings. The minimum Gasteiger partial charge on any atom is -0.443 e. The van der Waals surface area contributed by atoms with E-state index in [1.807, 2.05) is 34.6 Å². The van der Waals surface area contributed by atoms with Crippen LogP contribution in [-0.4, -0.2) is 85.0 Å². The number of amides is 1. The molecule has 2 aromatic heterocycles. The van der Waals surface area contributed by atoms with E-state index < -0.39 is 43.5 Å². The van der Waals surface area contributed by atoms with Crippen molar-refractivity contribution in [3.8, 4) is 0 Å². The maximum Gasteiger partial charge on any atom is 0.416 e. The Morgan fingerprint density at radius 3 is 2.35 bits per heavy atom. The fourth-order valence-electron chi connectivity index (χ4n) is 5.74. The fourth-order valence-corrected chi connectivity index (χ4v) is 9.23. The van der Waals surface area contributed by atoms with Crippen molar-refractivity contribution in [1.82, 2.24) is 19.7 Å². The molecule has 1 aliphatic carbocycles. The van der Waals surface area contributed by atoms with Gasteiger partial charge in [0.15, 0.2) is 23.5 Å². The monoisotopic (exact) mass is 733 g/mol. The molecule has 16 heteroatoms. The standard InChI is InChI=1S/C32H53ClN5O8PS/c1-8-10-16-42-47(41,43-17-11-9-2)21-48-20-25-24(45-32(6,7)40)18-26(44-25)38-28-23(19-34-38)27(35-29(33)36-28)37(22-14-12-13-15-22)30(39)46-31(3,4)5/h19,22,24-26,40H,8-18,20-21H2,1-7H3/t24-,25+,26+/m0/s1. The van der Waals surface area contributed by atoms with Crippen molar-refractivity contribution < 1.29 is 37.7 Å². The summed E-state index contributed by atoms with van der Waals surface area (Å²) < 4.78 is 45.0. The molecule has 272 valence electrons. The van der Waals surface area contributed by atoms with Crippen LogP contribution in [0.2, 0.25) is 5.28 Å². The van der Waals surface area contributed by atoms with E-state index in [0.717, 1.165) is 51.4 Å². The highest BCUT2D eigenvalue weighted by Crippen LogP contribution is 2.52. The number of thioether (sulfide) groups is 1. The first-order valence-electron chi connectivity index (χ1n) is 17.1. The van der Waals surface area contributed by atoms with E-state index in [2.05, 4.69) is 15.1 Å². The Morgan fingerprint density at radius 1 is 1.12 bits per heavy atom. The Bertz CT molecular complexity index is 1380. The van der Waals surface area contributed by atoms with Gasteiger partial charge in [-0.3, -0.25) is 9.46 Å². The second-order valence-corrected chi connectivity index (χ2v) is 17.7. The average molecular weight is 734 g/mol. The van der Waals surface area contributed by atoms with Crippen LogP contribution in [0, 0.1) is 0 Å². The summed E-state index contributed by atoms with van der Waals surface area (Å²) in [6, 6.07) is -0.0982. The predicted molar refractivity (Wildman–Crippen MR) is 188 cm³/mol. The molecule has 0 radical (unpaired) electrons. The molecule has 1 amide bonds. The van der Waals surface area contributed by atoms with Gasteiger partial charge in [0.2, 0.25) is 5.28 Å². The van der Waals surface area contributed by atoms with Gasteiger partial charge in [-0.1, -0.05) is 39.5 Å². The Labute approximate surface area is 293 Å². The van der Waals surface area contributed by atoms with E-state index in [-0.39, 0.29) is 16.8 Å². The van der Waals surface area contributed by atoms with E-state index in [1.54, 1.807) is 29.6 Å². The van der Waals surface area contributed by atoms with E-state index in [4.69, 9.17) is 34.9 Å². The number of aromatic nitrogens is 4. The molecular formula is C32H53ClN5O8PS. The normalized spacial score (nSPS) is 21.0. The number of halogens is 1. The van der Waals surface area contributed by atoms with Gasteiger partial charge in [0.1, 0.15) is 5.60 Å². The van der Waals surface area contributed by atoms with Crippen molar-refractivity contribution in [2.75, 3.05) is 29.4 Å². The first kappa shape index (κ1) is 39.3. The van der Waals surface area contributed by atoms with Gasteiger partial charge in [0.25, 0.3) is 0 Å². The van der Waals surface area contributed by atoms with Gasteiger partial charge in [0, 0.05) is 18.2 Å². The lowest BCUT2D eigenvalue weighted by molar-refractivity contribution is -0.212. The molecule has 0 aromatic carbocycles. The highest BCUT2D eigenvalue weighted by atomic mass is 35.5. The molecule has 2 fully saturated rings. The summed E-state index contributed by atoms with van der Waals surface area (Å²) in [5, 5.41) is 15.7. The number of nitrogens with zero attached hydrogens (tertiary/aromatic N) is 5. The number of hydrogen-bond donors (Lipinski definition) is 1. The van der Waals surface area contributed by atoms with E-state index >= 15 is 0 Å². The number of aliphatic hydroxyl groups is 1. The maximum absolute atomic E-state index is 13.6. The van der Waals surface area contributed by atoms with Crippen molar-refractivity contribution in [2.45, 2.75) is 142 Å². The van der Waals surface area contributed by atoms with Crippen molar-refractivity contribution in [3.05, 3.63) is 11.5 Å². The molecule has 1 saturated carbocycles. The quantitative estimate of drug-likeness (QED) is 0.0725. The average Bonchev–Trinajstić information content (AvgIpc) is 3.73. The second kappa shape index (κ2) is 17.1. The smallest absolute Gasteiger partial charge is 0.416 e. The first-order chi connectivity index (χ1) is 22.6. The van der Waals surface area contributed by atoms with Crippen LogP contribution in [0.1, 0.15) is 112 Å². The molecule has 3 atom stereocenters. The molecule has 0 spiro atoms. The lowest BCUT2D eigenvalue weighted by atomic mass is 10.2. The minimum atomic E-state index is -3.32. The minimum absolute atomic E-state index is 0.0397. The van der Waals surface area contributed by atoms with Crippen molar-refractivity contribution in [2.24, 2.45) is 0 Å². The van der Waals surface area contributed by atoms with Gasteiger partial charge >= 0.3 is 13.7 Å². The summed E-state index contributed by atoms with van der Waals surface area (Å²) in [7, 11) is -3.32. The van der Waals surface area contributed by atoms with Crippen LogP contribution in [0.15, 0.2) is 6.20 Å². The molecule has 1 saturated heterocycles. The summed E-state index contributed by atoms with van der Waals surface area (Å²) in [6.45, 7) is 13.5. The SMILES string of the molecule is CCCCOP(=O)(CSC[C@H]1O[C@@H](n2ncc3c(N(C(=O)OC(C)(C)C)C4CCCC4)nc(Cl)nc32)C[C@@H]1OC(C)(C)O)OCCCC. The summed E-state index contributed by atoms with van der Waals surface area (Å²) in [5.74, 6) is -0.675. The zero-order valence-corrected chi connectivity index (χ0v) is 31.8. The van der Waals surface area contributed by atoms with Crippen molar-refractivity contribution >= 4 is 53.9 Å². The van der Waals surface area contributed by atoms with Crippen LogP contribution in [0.25, 0.3) is 11.0 Å². The Balaban J connectivity index is 1.58. The lowest BCUT2D eigenvalue weighted by Gasteiger charge is -2.31. The molecular weight excluding hydrogens is 681 g/mol. The maximum atomic E-state index is 13.6. The summed E-state index contributed by atoms with van der Waals surface area (Å²) in [4.78, 5) is 24.2. The number of fused-ring (bicyclic) bond motifs is 1. The molecule has 2 aliphatic rings. The van der Waals surface area contributed by atoms with Crippen LogP contribution >= 0.6 is 31.0 Å². The van der Waals surface area contributed by atoms with Crippen LogP contribution in [0.5, 0.6) is 0 Å². The van der Waals surface area contributed by atoms with E-state index in [9.17, 15) is 14.5 Å². The molecule has 48 heavy (non-hydrogen) atoms. The molecule has 1 N–H and O–H groups in total. The van der Waals surface area contributed by atoms with Crippen LogP contribution in [0.3, 0.4) is 0 Å². The highest BCUT2D eigenvalue weighted by molar-refractivity contribution is 8.04. The topological polar surface area (TPSA) is 147 Å². The largest absolute Gasteiger partial charge is 0.443 e. The molecule has 0 unspecified atom stereocenters. The second-order valence-electron chi connectivity index (χ2n) is 13.9. The molecule has 1 aliphatic heterocycles. The van der Waals surface area contributed by atoms with Crippen LogP contribution < -0.4 is 4.90 Å². The molecule has 3 heterocycles. The molecule has 4 rings (SSSR count). The van der Waals surface area contributed by atoms with E-state index in [0.29, 0.717) is 42.2 Å². The third kappa shape index (κ3) is 11.0. The lowest BCUT2D eigenvalue weighted by Crippen LogP contribution is -2.43. The van der Waals surface area contributed by atoms with Gasteiger partial charge in [-0.25, -0.2) is 9.48 Å². The van der Waals surface area contributed by atoms with Gasteiger partial charge < -0.3 is 28.4 Å². The number of hydrogen-bond acceptors (Lipinski definition) is 12. The Morgan fingerprint density at radius 2 is 1.77 bits per heavy atom. The number of unbranched alkanes of at least 4 members (excludes halogenated alkanes) is 2. The van der Waals surface area contributed by atoms with Gasteiger partial charge in [0.05, 0.1) is 42.5 Å². The summed E-state index contributed by atoms with van der Waals surface area (Å²) in [5.41, 5.74) is -0.140. The van der Waals surface area contributed by atoms with Crippen molar-refractivity contribution in [1.29, 1.82) is 0 Å². The number of carbonyl (C=O) groups excluding carboxylic acids is 1. The fraction of sp³-hybridized carbons (Fsp3) is 0.812. The Kier molecular flexibility index (Phi) is 14.0. The van der Waals surface area contributed by atoms with Gasteiger partial charge in [-0.15, -0.1) is 11.8 Å². The zero-order valence-electron chi connectivity index (χ0n) is 29.4. The van der Waals surface area contributed by atoms with Crippen LogP contribution in [0.4, 0.5) is 10.6 Å². The third-order valence-corrected chi connectivity index (χ3v) is 11.8. The van der Waals surface area contributed by atoms with E-state index in [1.165, 1.54) is 11.8 Å². The highest BCUT2D eigenvalue weighted by Gasteiger charge is 2.42. The number of rotatable bonds is 17. The third-order valence-electron chi connectivity index (χ3n) is 7.91. The van der Waals surface area contributed by atoms with Crippen molar-refractivity contribution in [3.63, 3.8) is 0 Å². The zero-order chi connectivity index (χ0) is 35.1. The van der Waals surface area contributed by atoms with Gasteiger partial charge in [-0.05, 0) is 71.9 Å². The first-order valence-corrected chi connectivity index (χ1v) is 20.3. The Hall–Kier alpha value is -1.51. The van der Waals surface area contributed by atoms with Crippen LogP contribution in [-0.2, 0) is 27.8 Å². The number of anilines is 1. The summed E-state index contributed by atoms with van der Waals surface area (Å²) in [6.07, 6.45) is 6.89. The number of ether oxygens (including phenoxy) is 3.